The zero-order valence-corrected chi connectivity index (χ0v) is 9.11. The highest BCUT2D eigenvalue weighted by Crippen LogP contribution is 1.94. The van der Waals surface area contributed by atoms with Crippen LogP contribution in [0.1, 0.15) is 10.4 Å². The number of benzene rings is 1. The van der Waals surface area contributed by atoms with E-state index in [1.54, 1.807) is 24.3 Å². The van der Waals surface area contributed by atoms with Gasteiger partial charge in [-0.2, -0.15) is 0 Å². The lowest BCUT2D eigenvalue weighted by atomic mass is 10.2. The summed E-state index contributed by atoms with van der Waals surface area (Å²) >= 11 is 0. The molecule has 1 aromatic rings. The molecule has 0 unspecified atom stereocenters. The number of carbonyl (C=O) groups is 3. The molecule has 1 aromatic carbocycles. The summed E-state index contributed by atoms with van der Waals surface area (Å²) in [6.07, 6.45) is 0.197. The molecule has 0 saturated heterocycles. The fourth-order valence-electron chi connectivity index (χ4n) is 0.781. The first-order valence-electron chi connectivity index (χ1n) is 4.56. The van der Waals surface area contributed by atoms with Crippen molar-refractivity contribution in [3.8, 4) is 0 Å². The SMILES string of the molecule is NC(=O)c1ccccc1.O=C(O)/C=C(/O)C(=O)O. The quantitative estimate of drug-likeness (QED) is 0.454. The van der Waals surface area contributed by atoms with Gasteiger partial charge < -0.3 is 21.1 Å². The molecule has 1 rings (SSSR count). The van der Waals surface area contributed by atoms with Crippen LogP contribution in [-0.4, -0.2) is 33.2 Å². The monoisotopic (exact) mass is 253 g/mol. The third kappa shape index (κ3) is 6.62. The Morgan fingerprint density at radius 2 is 1.50 bits per heavy atom. The Morgan fingerprint density at radius 3 is 1.72 bits per heavy atom. The third-order valence-electron chi connectivity index (χ3n) is 1.54. The number of nitrogens with two attached hydrogens (primary N) is 1. The Hall–Kier alpha value is -2.83. The molecule has 0 fully saturated rings. The summed E-state index contributed by atoms with van der Waals surface area (Å²) in [5, 5.41) is 23.9. The largest absolute Gasteiger partial charge is 0.502 e. The lowest BCUT2D eigenvalue weighted by Gasteiger charge is -1.89. The summed E-state index contributed by atoms with van der Waals surface area (Å²) in [6.45, 7) is 0. The van der Waals surface area contributed by atoms with Crippen LogP contribution < -0.4 is 5.73 Å². The van der Waals surface area contributed by atoms with E-state index < -0.39 is 17.7 Å². The highest BCUT2D eigenvalue weighted by Gasteiger charge is 2.04. The number of hydrogen-bond donors (Lipinski definition) is 4. The molecule has 0 aromatic heterocycles. The molecule has 0 bridgehead atoms. The Morgan fingerprint density at radius 1 is 1.00 bits per heavy atom. The molecule has 0 saturated carbocycles. The number of primary amides is 1. The van der Waals surface area contributed by atoms with Crippen LogP contribution >= 0.6 is 0 Å². The highest BCUT2D eigenvalue weighted by molar-refractivity contribution is 5.92. The predicted octanol–water partition coefficient (Wildman–Crippen LogP) is 0.383. The number of aliphatic hydroxyl groups excluding tert-OH is 1. The van der Waals surface area contributed by atoms with Gasteiger partial charge in [0.05, 0.1) is 6.08 Å². The van der Waals surface area contributed by atoms with Crippen LogP contribution in [0.15, 0.2) is 42.2 Å². The van der Waals surface area contributed by atoms with Gasteiger partial charge in [-0.1, -0.05) is 18.2 Å². The van der Waals surface area contributed by atoms with Crippen molar-refractivity contribution >= 4 is 17.8 Å². The first kappa shape index (κ1) is 15.2. The lowest BCUT2D eigenvalue weighted by Crippen LogP contribution is -2.09. The summed E-state index contributed by atoms with van der Waals surface area (Å²) in [4.78, 5) is 29.7. The Labute approximate surface area is 102 Å². The van der Waals surface area contributed by atoms with Crippen molar-refractivity contribution in [2.24, 2.45) is 5.73 Å². The summed E-state index contributed by atoms with van der Waals surface area (Å²) in [6, 6.07) is 8.76. The van der Waals surface area contributed by atoms with E-state index in [9.17, 15) is 14.4 Å². The molecule has 18 heavy (non-hydrogen) atoms. The van der Waals surface area contributed by atoms with Gasteiger partial charge in [-0.05, 0) is 12.1 Å². The minimum atomic E-state index is -1.66. The van der Waals surface area contributed by atoms with E-state index in [1.165, 1.54) is 0 Å². The van der Waals surface area contributed by atoms with E-state index in [0.717, 1.165) is 0 Å². The van der Waals surface area contributed by atoms with Crippen molar-refractivity contribution in [1.82, 2.24) is 0 Å². The number of carbonyl (C=O) groups excluding carboxylic acids is 1. The molecule has 0 heterocycles. The van der Waals surface area contributed by atoms with Gasteiger partial charge in [-0.15, -0.1) is 0 Å². The van der Waals surface area contributed by atoms with Crippen LogP contribution in [-0.2, 0) is 9.59 Å². The smallest absolute Gasteiger partial charge is 0.371 e. The first-order valence-corrected chi connectivity index (χ1v) is 4.56. The molecule has 0 aliphatic carbocycles. The van der Waals surface area contributed by atoms with Gasteiger partial charge in [-0.3, -0.25) is 4.79 Å². The van der Waals surface area contributed by atoms with Gasteiger partial charge in [0, 0.05) is 5.56 Å². The summed E-state index contributed by atoms with van der Waals surface area (Å²) in [5.74, 6) is -4.70. The number of carboxylic acids is 2. The van der Waals surface area contributed by atoms with Gasteiger partial charge >= 0.3 is 11.9 Å². The first-order chi connectivity index (χ1) is 8.34. The number of rotatable bonds is 3. The standard InChI is InChI=1S/C7H7NO.C4H4O5/c8-7(9)6-4-2-1-3-5-6;5-2(4(8)9)1-3(6)7/h1-5H,(H2,8,9);1,5H,(H,6,7)(H,8,9)/b;2-1+. The fraction of sp³-hybridized carbons (Fsp3) is 0. The van der Waals surface area contributed by atoms with Crippen molar-refractivity contribution in [2.75, 3.05) is 0 Å². The van der Waals surface area contributed by atoms with Crippen LogP contribution in [0, 0.1) is 0 Å². The molecule has 0 radical (unpaired) electrons. The summed E-state index contributed by atoms with van der Waals surface area (Å²) < 4.78 is 0. The maximum Gasteiger partial charge on any atom is 0.371 e. The Bertz CT molecular complexity index is 466. The number of aliphatic hydroxyl groups is 1. The number of aliphatic carboxylic acids is 2. The van der Waals surface area contributed by atoms with Gasteiger partial charge in [0.25, 0.3) is 0 Å². The zero-order chi connectivity index (χ0) is 14.1. The molecule has 0 aliphatic rings. The predicted molar refractivity (Wildman–Crippen MR) is 60.9 cm³/mol. The van der Waals surface area contributed by atoms with Crippen molar-refractivity contribution in [3.63, 3.8) is 0 Å². The normalized spacial score (nSPS) is 9.89. The minimum absolute atomic E-state index is 0.197. The molecule has 5 N–H and O–H groups in total. The second-order valence-electron chi connectivity index (χ2n) is 2.90. The number of carboxylic acid groups (broad SMARTS) is 2. The van der Waals surface area contributed by atoms with Crippen LogP contribution in [0.4, 0.5) is 0 Å². The molecule has 7 nitrogen and oxygen atoms in total. The molecule has 0 aliphatic heterocycles. The van der Waals surface area contributed by atoms with Gasteiger partial charge in [0.15, 0.2) is 0 Å². The maximum absolute atomic E-state index is 10.4. The fourth-order valence-corrected chi connectivity index (χ4v) is 0.781. The van der Waals surface area contributed by atoms with Crippen molar-refractivity contribution < 1.29 is 29.7 Å². The second kappa shape index (κ2) is 7.44. The summed E-state index contributed by atoms with van der Waals surface area (Å²) in [7, 11) is 0. The van der Waals surface area contributed by atoms with Gasteiger partial charge in [0.1, 0.15) is 0 Å². The lowest BCUT2D eigenvalue weighted by molar-refractivity contribution is -0.137. The van der Waals surface area contributed by atoms with Crippen molar-refractivity contribution in [2.45, 2.75) is 0 Å². The molecule has 0 atom stereocenters. The average Bonchev–Trinajstić information content (AvgIpc) is 2.30. The van der Waals surface area contributed by atoms with Crippen molar-refractivity contribution in [3.05, 3.63) is 47.7 Å². The van der Waals surface area contributed by atoms with E-state index >= 15 is 0 Å². The second-order valence-corrected chi connectivity index (χ2v) is 2.90. The number of amides is 1. The van der Waals surface area contributed by atoms with Crippen LogP contribution in [0.3, 0.4) is 0 Å². The highest BCUT2D eigenvalue weighted by atomic mass is 16.4. The Kier molecular flexibility index (Phi) is 6.27. The van der Waals surface area contributed by atoms with Gasteiger partial charge in [0.2, 0.25) is 11.7 Å². The molecule has 7 heteroatoms. The van der Waals surface area contributed by atoms with E-state index in [0.29, 0.717) is 5.56 Å². The topological polar surface area (TPSA) is 138 Å². The Balaban J connectivity index is 0.000000321. The molecular weight excluding hydrogens is 242 g/mol. The zero-order valence-electron chi connectivity index (χ0n) is 9.11. The van der Waals surface area contributed by atoms with Crippen LogP contribution in [0.2, 0.25) is 0 Å². The summed E-state index contributed by atoms with van der Waals surface area (Å²) in [5.41, 5.74) is 5.53. The molecular formula is C11H11NO6. The third-order valence-corrected chi connectivity index (χ3v) is 1.54. The number of hydrogen-bond acceptors (Lipinski definition) is 4. The van der Waals surface area contributed by atoms with Crippen LogP contribution in [0.5, 0.6) is 0 Å². The van der Waals surface area contributed by atoms with E-state index in [-0.39, 0.29) is 12.0 Å². The molecule has 0 spiro atoms. The minimum Gasteiger partial charge on any atom is -0.502 e. The van der Waals surface area contributed by atoms with Crippen molar-refractivity contribution in [1.29, 1.82) is 0 Å². The average molecular weight is 253 g/mol. The van der Waals surface area contributed by atoms with Gasteiger partial charge in [-0.25, -0.2) is 9.59 Å². The van der Waals surface area contributed by atoms with E-state index in [2.05, 4.69) is 0 Å². The molecule has 1 amide bonds. The van der Waals surface area contributed by atoms with E-state index in [4.69, 9.17) is 21.1 Å². The van der Waals surface area contributed by atoms with Crippen LogP contribution in [0.25, 0.3) is 0 Å². The van der Waals surface area contributed by atoms with E-state index in [1.807, 2.05) is 6.07 Å². The maximum atomic E-state index is 10.4. The molecule has 96 valence electrons.